The smallest absolute Gasteiger partial charge is 0.303 e. The monoisotopic (exact) mass is 670 g/mol. The van der Waals surface area contributed by atoms with Gasteiger partial charge in [-0.2, -0.15) is 0 Å². The van der Waals surface area contributed by atoms with E-state index in [1.807, 2.05) is 0 Å². The number of aliphatic hydroxyl groups is 5. The Balaban J connectivity index is 1.39. The van der Waals surface area contributed by atoms with Gasteiger partial charge in [0.05, 0.1) is 53.1 Å². The van der Waals surface area contributed by atoms with Crippen LogP contribution in [-0.4, -0.2) is 130 Å². The summed E-state index contributed by atoms with van der Waals surface area (Å²) in [6.07, 6.45) is -11.0. The van der Waals surface area contributed by atoms with Crippen LogP contribution in [0.5, 0.6) is 0 Å². The van der Waals surface area contributed by atoms with Crippen molar-refractivity contribution in [2.45, 2.75) is 56.1 Å². The van der Waals surface area contributed by atoms with Gasteiger partial charge < -0.3 is 44.5 Å². The molecule has 0 unspecified atom stereocenters. The Morgan fingerprint density at radius 1 is 0.875 bits per heavy atom. The highest BCUT2D eigenvalue weighted by molar-refractivity contribution is 6.22. The number of nitrogens with one attached hydrogen (secondary N) is 2. The molecule has 0 spiro atoms. The van der Waals surface area contributed by atoms with Crippen LogP contribution in [0.4, 0.5) is 11.4 Å². The van der Waals surface area contributed by atoms with Crippen molar-refractivity contribution in [2.24, 2.45) is 9.98 Å². The number of hydrogen-bond donors (Lipinski definition) is 7. The number of benzene rings is 2. The molecule has 3 heterocycles. The van der Waals surface area contributed by atoms with E-state index in [1.165, 1.54) is 36.4 Å². The van der Waals surface area contributed by atoms with Crippen LogP contribution in [0.3, 0.4) is 0 Å². The van der Waals surface area contributed by atoms with Gasteiger partial charge in [0.15, 0.2) is 18.7 Å². The van der Waals surface area contributed by atoms with Crippen LogP contribution in [0.25, 0.3) is 0 Å². The summed E-state index contributed by atoms with van der Waals surface area (Å²) in [5.41, 5.74) is 0.754. The lowest BCUT2D eigenvalue weighted by Crippen LogP contribution is -2.61. The molecule has 1 fully saturated rings. The third kappa shape index (κ3) is 7.35. The summed E-state index contributed by atoms with van der Waals surface area (Å²) in [5.74, 6) is -3.26. The first kappa shape index (κ1) is 34.5. The van der Waals surface area contributed by atoms with Crippen LogP contribution < -0.4 is 10.6 Å². The number of aliphatic imine (C=N–C) groups is 2. The molecule has 2 aromatic rings. The number of rotatable bonds is 12. The van der Waals surface area contributed by atoms with Crippen LogP contribution in [0.2, 0.25) is 0 Å². The molecule has 5 rings (SSSR count). The summed E-state index contributed by atoms with van der Waals surface area (Å²) in [5, 5.41) is 56.2. The quantitative estimate of drug-likeness (QED) is 0.0558. The van der Waals surface area contributed by atoms with Crippen molar-refractivity contribution in [3.05, 3.63) is 58.7 Å². The maximum Gasteiger partial charge on any atom is 0.303 e. The van der Waals surface area contributed by atoms with Crippen LogP contribution in [0, 0.1) is 0 Å². The minimum atomic E-state index is -1.83. The number of amides is 4. The lowest BCUT2D eigenvalue weighted by atomic mass is 9.99. The van der Waals surface area contributed by atoms with E-state index in [1.54, 1.807) is 0 Å². The molecule has 2 aromatic carbocycles. The van der Waals surface area contributed by atoms with Gasteiger partial charge in [0.25, 0.3) is 23.6 Å². The van der Waals surface area contributed by atoms with E-state index in [0.717, 1.165) is 19.4 Å². The Morgan fingerprint density at radius 3 is 1.94 bits per heavy atom. The topological polar surface area (TPSA) is 272 Å². The first-order chi connectivity index (χ1) is 22.9. The molecule has 0 aliphatic carbocycles. The highest BCUT2D eigenvalue weighted by atomic mass is 16.7. The van der Waals surface area contributed by atoms with E-state index in [4.69, 9.17) is 18.9 Å². The summed E-state index contributed by atoms with van der Waals surface area (Å²) in [4.78, 5) is 67.7. The average molecular weight is 671 g/mol. The van der Waals surface area contributed by atoms with Crippen molar-refractivity contribution >= 4 is 53.4 Å². The van der Waals surface area contributed by atoms with Gasteiger partial charge in [-0.1, -0.05) is 0 Å². The van der Waals surface area contributed by atoms with Crippen molar-refractivity contribution in [3.8, 4) is 0 Å². The second kappa shape index (κ2) is 14.5. The van der Waals surface area contributed by atoms with E-state index in [2.05, 4.69) is 20.6 Å². The molecule has 254 valence electrons. The average Bonchev–Trinajstić information content (AvgIpc) is 3.51. The Morgan fingerprint density at radius 2 is 1.42 bits per heavy atom. The van der Waals surface area contributed by atoms with Gasteiger partial charge >= 0.3 is 5.97 Å². The first-order valence-electron chi connectivity index (χ1n) is 14.4. The second-order valence-corrected chi connectivity index (χ2v) is 10.7. The van der Waals surface area contributed by atoms with Gasteiger partial charge in [0.2, 0.25) is 0 Å². The molecule has 4 amide bonds. The normalized spacial score (nSPS) is 25.5. The third-order valence-electron chi connectivity index (χ3n) is 7.44. The summed E-state index contributed by atoms with van der Waals surface area (Å²) in [7, 11) is 0. The molecule has 3 aliphatic rings. The predicted molar refractivity (Wildman–Crippen MR) is 159 cm³/mol. The molecule has 7 N–H and O–H groups in total. The Labute approximate surface area is 270 Å². The van der Waals surface area contributed by atoms with E-state index in [0.29, 0.717) is 0 Å². The summed E-state index contributed by atoms with van der Waals surface area (Å²) in [6.45, 7) is -0.575. The summed E-state index contributed by atoms with van der Waals surface area (Å²) >= 11 is 0. The number of esters is 1. The highest BCUT2D eigenvalue weighted by Gasteiger charge is 2.48. The van der Waals surface area contributed by atoms with Crippen molar-refractivity contribution in [3.63, 3.8) is 0 Å². The van der Waals surface area contributed by atoms with Gasteiger partial charge in [-0.25, -0.2) is 0 Å². The minimum Gasteiger partial charge on any atom is -0.457 e. The minimum absolute atomic E-state index is 0.0529. The van der Waals surface area contributed by atoms with Crippen molar-refractivity contribution < 1.29 is 68.5 Å². The largest absolute Gasteiger partial charge is 0.457 e. The van der Waals surface area contributed by atoms with Crippen LogP contribution in [0.15, 0.2) is 46.4 Å². The van der Waals surface area contributed by atoms with Gasteiger partial charge in [0, 0.05) is 13.1 Å². The van der Waals surface area contributed by atoms with E-state index in [9.17, 15) is 49.5 Å². The molecule has 0 aromatic heterocycles. The Kier molecular flexibility index (Phi) is 10.5. The number of fused-ring (bicyclic) bond motifs is 2. The van der Waals surface area contributed by atoms with Crippen LogP contribution in [0.1, 0.15) is 48.4 Å². The van der Waals surface area contributed by atoms with Gasteiger partial charge in [0.1, 0.15) is 30.5 Å². The highest BCUT2D eigenvalue weighted by Crippen LogP contribution is 2.28. The Hall–Kier alpha value is -4.79. The lowest BCUT2D eigenvalue weighted by molar-refractivity contribution is -0.315. The number of nitrogens with zero attached hydrogens (tertiary/aromatic N) is 2. The number of carbonyl (C=O) groups excluding carboxylic acids is 5. The molecule has 1 saturated heterocycles. The maximum atomic E-state index is 12.1. The SMILES string of the molecule is CC(=O)O[C@H]1[C@@H](O)[C@@H](CO)O[C@@H](O[C@H](C=Nc2ccc3c(c2)C(=O)NC3=O)[C@H](CO)O[C@H](O)C=Nc2ccc3c(c2)C(=O)NC3=O)[C@@H]1O. The number of carbonyl (C=O) groups is 5. The molecule has 18 nitrogen and oxygen atoms in total. The van der Waals surface area contributed by atoms with E-state index in [-0.39, 0.29) is 33.6 Å². The van der Waals surface area contributed by atoms with Gasteiger partial charge in [-0.05, 0) is 36.4 Å². The maximum absolute atomic E-state index is 12.1. The number of ether oxygens (including phenoxy) is 4. The summed E-state index contributed by atoms with van der Waals surface area (Å²) in [6, 6.07) is 8.19. The van der Waals surface area contributed by atoms with Crippen molar-refractivity contribution in [2.75, 3.05) is 13.2 Å². The fourth-order valence-corrected chi connectivity index (χ4v) is 5.09. The zero-order chi connectivity index (χ0) is 34.7. The van der Waals surface area contributed by atoms with Crippen LogP contribution in [-0.2, 0) is 23.7 Å². The zero-order valence-corrected chi connectivity index (χ0v) is 25.0. The van der Waals surface area contributed by atoms with Gasteiger partial charge in [-0.15, -0.1) is 0 Å². The number of imide groups is 2. The van der Waals surface area contributed by atoms with Crippen molar-refractivity contribution in [1.29, 1.82) is 0 Å². The fraction of sp³-hybridized carbons (Fsp3) is 0.367. The van der Waals surface area contributed by atoms with Crippen LogP contribution >= 0.6 is 0 Å². The van der Waals surface area contributed by atoms with E-state index < -0.39 is 92.0 Å². The molecule has 3 aliphatic heterocycles. The molecule has 48 heavy (non-hydrogen) atoms. The molecule has 0 saturated carbocycles. The summed E-state index contributed by atoms with van der Waals surface area (Å²) < 4.78 is 21.9. The number of aliphatic hydroxyl groups excluding tert-OH is 5. The molecule has 18 heteroatoms. The molecule has 8 atom stereocenters. The molecule has 0 bridgehead atoms. The lowest BCUT2D eigenvalue weighted by Gasteiger charge is -2.42. The predicted octanol–water partition coefficient (Wildman–Crippen LogP) is -1.99. The van der Waals surface area contributed by atoms with E-state index >= 15 is 0 Å². The number of hydrogen-bond acceptors (Lipinski definition) is 16. The second-order valence-electron chi connectivity index (χ2n) is 10.7. The molecular formula is C30H30N4O14. The third-order valence-corrected chi connectivity index (χ3v) is 7.44. The molecule has 0 radical (unpaired) electrons. The van der Waals surface area contributed by atoms with Gasteiger partial charge in [-0.3, -0.25) is 44.6 Å². The zero-order valence-electron chi connectivity index (χ0n) is 25.0. The first-order valence-corrected chi connectivity index (χ1v) is 14.4. The van der Waals surface area contributed by atoms with Crippen molar-refractivity contribution in [1.82, 2.24) is 10.6 Å². The Bertz CT molecular complexity index is 1680. The molecular weight excluding hydrogens is 640 g/mol. The standard InChI is InChI=1S/C30H30N4O14/c1-12(37)45-25-23(39)21(11-36)48-30(24(25)40)47-19(8-31-13-2-4-15-17(6-13)28(43)33-26(15)41)20(10-35)46-22(38)9-32-14-3-5-16-18(7-14)29(44)34-27(16)42/h2-9,19-25,30,35-36,38-40H,10-11H2,1H3,(H,33,41,43)(H,34,42,44)/t19-,20+,21-,22+,23+,24-,25+,30-/m1/s1. The fourth-order valence-electron chi connectivity index (χ4n) is 5.09.